The number of allylic oxidation sites excluding steroid dienone is 2. The molecule has 6 rings (SSSR count). The van der Waals surface area contributed by atoms with Gasteiger partial charge in [-0.25, -0.2) is 0 Å². The van der Waals surface area contributed by atoms with E-state index in [0.717, 1.165) is 22.7 Å². The van der Waals surface area contributed by atoms with Crippen LogP contribution in [0.25, 0.3) is 0 Å². The summed E-state index contributed by atoms with van der Waals surface area (Å²) in [5, 5.41) is 0. The molecular formula is C32H31NO5. The zero-order chi connectivity index (χ0) is 26.6. The average molecular weight is 510 g/mol. The van der Waals surface area contributed by atoms with Crippen molar-refractivity contribution in [1.29, 1.82) is 0 Å². The van der Waals surface area contributed by atoms with Gasteiger partial charge < -0.3 is 19.1 Å². The molecule has 6 heteroatoms. The van der Waals surface area contributed by atoms with Gasteiger partial charge in [-0.05, 0) is 91.8 Å². The van der Waals surface area contributed by atoms with Gasteiger partial charge in [-0.1, -0.05) is 23.8 Å². The van der Waals surface area contributed by atoms with Crippen LogP contribution in [-0.4, -0.2) is 25.5 Å². The van der Waals surface area contributed by atoms with Gasteiger partial charge >= 0.3 is 0 Å². The standard InChI is InChI=1S/C32H31NO5/c1-18-11-19(2)31(20(3)12-18)22-13-26-32(27(34)14-22)28(35)16-25(21-5-10-29-30(15-21)38-17-37-29)33(26)23-6-8-24(36-4)9-7-23/h5-12,15,22,25H,13-14,16-17H2,1-4H3. The number of ether oxygens (including phenoxy) is 3. The number of Topliss-reactive ketones (excluding diaryl/α,β-unsaturated/α-hetero) is 2. The predicted molar refractivity (Wildman–Crippen MR) is 145 cm³/mol. The SMILES string of the molecule is COc1ccc(N2C3=C(C(=O)CC(c4c(C)cc(C)cc4C)C3)C(=O)CC2c2ccc3c(c2)OCO3)cc1. The minimum absolute atomic E-state index is 0.00547. The van der Waals surface area contributed by atoms with E-state index in [9.17, 15) is 9.59 Å². The van der Waals surface area contributed by atoms with Gasteiger partial charge in [-0.2, -0.15) is 0 Å². The maximum atomic E-state index is 13.6. The molecule has 2 unspecified atom stereocenters. The first kappa shape index (κ1) is 24.3. The molecule has 0 fully saturated rings. The van der Waals surface area contributed by atoms with Crippen LogP contribution >= 0.6 is 0 Å². The summed E-state index contributed by atoms with van der Waals surface area (Å²) in [7, 11) is 1.64. The Kier molecular flexibility index (Phi) is 5.98. The molecule has 0 radical (unpaired) electrons. The number of ketones is 2. The van der Waals surface area contributed by atoms with Crippen LogP contribution in [0.4, 0.5) is 5.69 Å². The van der Waals surface area contributed by atoms with Gasteiger partial charge in [0.05, 0.1) is 18.7 Å². The quantitative estimate of drug-likeness (QED) is 0.386. The number of carbonyl (C=O) groups is 2. The van der Waals surface area contributed by atoms with E-state index in [1.165, 1.54) is 22.3 Å². The number of benzene rings is 3. The summed E-state index contributed by atoms with van der Waals surface area (Å²) in [5.41, 5.74) is 7.82. The molecule has 3 aromatic rings. The second-order valence-corrected chi connectivity index (χ2v) is 10.5. The minimum Gasteiger partial charge on any atom is -0.497 e. The Bertz CT molecular complexity index is 1460. The number of methoxy groups -OCH3 is 1. The highest BCUT2D eigenvalue weighted by atomic mass is 16.7. The van der Waals surface area contributed by atoms with E-state index in [-0.39, 0.29) is 36.7 Å². The topological polar surface area (TPSA) is 65.1 Å². The van der Waals surface area contributed by atoms with Gasteiger partial charge in [0.2, 0.25) is 6.79 Å². The van der Waals surface area contributed by atoms with Crippen LogP contribution in [0.3, 0.4) is 0 Å². The highest BCUT2D eigenvalue weighted by Gasteiger charge is 2.43. The van der Waals surface area contributed by atoms with E-state index >= 15 is 0 Å². The summed E-state index contributed by atoms with van der Waals surface area (Å²) >= 11 is 0. The van der Waals surface area contributed by atoms with Gasteiger partial charge in [0.25, 0.3) is 0 Å². The third-order valence-electron chi connectivity index (χ3n) is 7.98. The van der Waals surface area contributed by atoms with Crippen molar-refractivity contribution < 1.29 is 23.8 Å². The molecule has 3 aromatic carbocycles. The molecule has 2 heterocycles. The first-order chi connectivity index (χ1) is 18.3. The summed E-state index contributed by atoms with van der Waals surface area (Å²) in [4.78, 5) is 29.4. The molecule has 0 N–H and O–H groups in total. The zero-order valence-corrected chi connectivity index (χ0v) is 22.2. The number of nitrogens with zero attached hydrogens (tertiary/aromatic N) is 1. The van der Waals surface area contributed by atoms with Crippen molar-refractivity contribution in [2.45, 2.75) is 52.0 Å². The van der Waals surface area contributed by atoms with Crippen molar-refractivity contribution in [3.63, 3.8) is 0 Å². The Hall–Kier alpha value is -4.06. The summed E-state index contributed by atoms with van der Waals surface area (Å²) < 4.78 is 16.6. The molecule has 0 saturated heterocycles. The number of anilines is 1. The molecule has 2 aliphatic heterocycles. The molecule has 0 aromatic heterocycles. The minimum atomic E-state index is -0.282. The van der Waals surface area contributed by atoms with Crippen LogP contribution in [0, 0.1) is 20.8 Å². The lowest BCUT2D eigenvalue weighted by atomic mass is 9.74. The number of fused-ring (bicyclic) bond motifs is 1. The third-order valence-corrected chi connectivity index (χ3v) is 7.98. The molecule has 2 atom stereocenters. The van der Waals surface area contributed by atoms with Crippen LogP contribution < -0.4 is 19.1 Å². The lowest BCUT2D eigenvalue weighted by molar-refractivity contribution is -0.122. The lowest BCUT2D eigenvalue weighted by Crippen LogP contribution is -2.41. The van der Waals surface area contributed by atoms with E-state index in [4.69, 9.17) is 14.2 Å². The van der Waals surface area contributed by atoms with E-state index in [2.05, 4.69) is 37.8 Å². The van der Waals surface area contributed by atoms with Crippen molar-refractivity contribution in [2.75, 3.05) is 18.8 Å². The van der Waals surface area contributed by atoms with Gasteiger partial charge in [-0.15, -0.1) is 0 Å². The van der Waals surface area contributed by atoms with Crippen molar-refractivity contribution in [3.8, 4) is 17.2 Å². The number of hydrogen-bond donors (Lipinski definition) is 0. The fraction of sp³-hybridized carbons (Fsp3) is 0.312. The first-order valence-corrected chi connectivity index (χ1v) is 13.0. The summed E-state index contributed by atoms with van der Waals surface area (Å²) in [6.07, 6.45) is 1.18. The molecule has 0 amide bonds. The molecule has 0 saturated carbocycles. The smallest absolute Gasteiger partial charge is 0.231 e. The fourth-order valence-corrected chi connectivity index (χ4v) is 6.49. The third kappa shape index (κ3) is 4.05. The number of carbonyl (C=O) groups excluding carboxylic acids is 2. The maximum Gasteiger partial charge on any atom is 0.231 e. The van der Waals surface area contributed by atoms with E-state index in [1.807, 2.05) is 42.5 Å². The highest BCUT2D eigenvalue weighted by molar-refractivity contribution is 6.22. The molecule has 1 aliphatic carbocycles. The van der Waals surface area contributed by atoms with Crippen LogP contribution in [0.1, 0.15) is 59.0 Å². The molecule has 6 nitrogen and oxygen atoms in total. The Balaban J connectivity index is 1.49. The Labute approximate surface area is 222 Å². The van der Waals surface area contributed by atoms with Crippen molar-refractivity contribution >= 4 is 17.3 Å². The maximum absolute atomic E-state index is 13.6. The largest absolute Gasteiger partial charge is 0.497 e. The van der Waals surface area contributed by atoms with Crippen LogP contribution in [-0.2, 0) is 9.59 Å². The molecule has 194 valence electrons. The van der Waals surface area contributed by atoms with Crippen molar-refractivity contribution in [3.05, 3.63) is 93.7 Å². The van der Waals surface area contributed by atoms with Crippen LogP contribution in [0.15, 0.2) is 65.9 Å². The molecular weight excluding hydrogens is 478 g/mol. The lowest BCUT2D eigenvalue weighted by Gasteiger charge is -2.43. The van der Waals surface area contributed by atoms with Gasteiger partial charge in [0, 0.05) is 24.2 Å². The molecule has 0 spiro atoms. The zero-order valence-electron chi connectivity index (χ0n) is 22.2. The first-order valence-electron chi connectivity index (χ1n) is 13.0. The molecule has 38 heavy (non-hydrogen) atoms. The Morgan fingerprint density at radius 2 is 1.50 bits per heavy atom. The van der Waals surface area contributed by atoms with Crippen LogP contribution in [0.5, 0.6) is 17.2 Å². The average Bonchev–Trinajstić information content (AvgIpc) is 3.36. The second kappa shape index (κ2) is 9.35. The Morgan fingerprint density at radius 1 is 0.816 bits per heavy atom. The van der Waals surface area contributed by atoms with Crippen molar-refractivity contribution in [1.82, 2.24) is 0 Å². The molecule has 0 bridgehead atoms. The summed E-state index contributed by atoms with van der Waals surface area (Å²) in [6, 6.07) is 17.7. The number of aryl methyl sites for hydroxylation is 3. The Morgan fingerprint density at radius 3 is 2.21 bits per heavy atom. The molecule has 3 aliphatic rings. The van der Waals surface area contributed by atoms with Gasteiger partial charge in [0.1, 0.15) is 5.75 Å². The monoisotopic (exact) mass is 509 g/mol. The summed E-state index contributed by atoms with van der Waals surface area (Å²) in [5.74, 6) is 1.97. The van der Waals surface area contributed by atoms with E-state index in [1.54, 1.807) is 7.11 Å². The highest BCUT2D eigenvalue weighted by Crippen LogP contribution is 2.48. The fourth-order valence-electron chi connectivity index (χ4n) is 6.49. The van der Waals surface area contributed by atoms with Crippen molar-refractivity contribution in [2.24, 2.45) is 0 Å². The van der Waals surface area contributed by atoms with Gasteiger partial charge in [0.15, 0.2) is 23.1 Å². The van der Waals surface area contributed by atoms with Gasteiger partial charge in [-0.3, -0.25) is 9.59 Å². The van der Waals surface area contributed by atoms with E-state index in [0.29, 0.717) is 29.9 Å². The van der Waals surface area contributed by atoms with Crippen LogP contribution in [0.2, 0.25) is 0 Å². The van der Waals surface area contributed by atoms with E-state index < -0.39 is 0 Å². The predicted octanol–water partition coefficient (Wildman–Crippen LogP) is 6.27. The normalized spacial score (nSPS) is 20.6. The number of hydrogen-bond acceptors (Lipinski definition) is 6. The summed E-state index contributed by atoms with van der Waals surface area (Å²) in [6.45, 7) is 6.52. The number of rotatable bonds is 4. The second-order valence-electron chi connectivity index (χ2n) is 10.5.